The third kappa shape index (κ3) is 11.3. The van der Waals surface area contributed by atoms with Gasteiger partial charge in [-0.3, -0.25) is 13.9 Å². The van der Waals surface area contributed by atoms with E-state index in [-0.39, 0.29) is 57.8 Å². The number of carboxylic acid groups (broad SMARTS) is 1. The maximum absolute atomic E-state index is 14.1. The number of aliphatic hydroxyl groups excluding tert-OH is 1. The molecule has 0 aliphatic carbocycles. The molecule has 30 heteroatoms. The van der Waals surface area contributed by atoms with Gasteiger partial charge >= 0.3 is 35.5 Å². The van der Waals surface area contributed by atoms with Crippen LogP contribution in [0.2, 0.25) is 0 Å². The number of hydrogen-bond donors (Lipinski definition) is 9. The van der Waals surface area contributed by atoms with Crippen LogP contribution >= 0.6 is 23.5 Å². The normalized spacial score (nSPS) is 21.4. The average Bonchev–Trinajstić information content (AvgIpc) is 3.92. The van der Waals surface area contributed by atoms with Gasteiger partial charge in [-0.2, -0.15) is 8.62 Å². The molecule has 4 aliphatic heterocycles. The van der Waals surface area contributed by atoms with E-state index in [1.807, 2.05) is 38.1 Å². The molecule has 3 aromatic carbocycles. The summed E-state index contributed by atoms with van der Waals surface area (Å²) < 4.78 is 69.5. The maximum Gasteiger partial charge on any atom is 0.490 e. The Morgan fingerprint density at radius 3 is 2.25 bits per heavy atom. The molecule has 6 heterocycles. The van der Waals surface area contributed by atoms with Gasteiger partial charge in [0.25, 0.3) is 5.91 Å². The lowest BCUT2D eigenvalue weighted by molar-refractivity contribution is -0.0522. The van der Waals surface area contributed by atoms with E-state index in [0.717, 1.165) is 46.0 Å². The first kappa shape index (κ1) is 58.0. The Kier molecular flexibility index (Phi) is 15.4. The molecule has 1 saturated heterocycles. The highest BCUT2D eigenvalue weighted by Gasteiger charge is 2.50. The third-order valence-corrected chi connectivity index (χ3v) is 17.8. The van der Waals surface area contributed by atoms with Gasteiger partial charge in [0, 0.05) is 78.3 Å². The van der Waals surface area contributed by atoms with Crippen LogP contribution in [0.4, 0.5) is 16.3 Å². The van der Waals surface area contributed by atoms with Crippen molar-refractivity contribution in [1.29, 1.82) is 0 Å². The lowest BCUT2D eigenvalue weighted by Crippen LogP contribution is -2.49. The number of likely N-dealkylation sites (N-methyl/N-ethyl adjacent to an activating group) is 2. The highest BCUT2D eigenvalue weighted by molar-refractivity contribution is 7.66. The van der Waals surface area contributed by atoms with Crippen molar-refractivity contribution in [3.8, 4) is 11.5 Å². The summed E-state index contributed by atoms with van der Waals surface area (Å²) in [7, 11) is -17.3. The van der Waals surface area contributed by atoms with Crippen LogP contribution in [0.1, 0.15) is 105 Å². The van der Waals surface area contributed by atoms with Crippen LogP contribution in [0.15, 0.2) is 67.3 Å². The number of carbonyl (C=O) groups is 3. The highest BCUT2D eigenvalue weighted by atomic mass is 31.3. The van der Waals surface area contributed by atoms with Gasteiger partial charge in [-0.05, 0) is 94.7 Å². The average molecular weight is 1170 g/mol. The maximum atomic E-state index is 14.1. The molecule has 2 amide bonds. The first-order chi connectivity index (χ1) is 37.4. The van der Waals surface area contributed by atoms with Crippen LogP contribution in [0.3, 0.4) is 0 Å². The Balaban J connectivity index is 0.980. The number of ether oxygens (including phenoxy) is 3. The number of aromatic nitrogens is 4. The number of alkyl carbamates (subject to hydrolysis) is 1. The number of nitrogens with zero attached hydrogens (tertiary/aromatic N) is 6. The number of aliphatic hydroxyl groups is 1. The predicted octanol–water partition coefficient (Wildman–Crippen LogP) is 4.31. The van der Waals surface area contributed by atoms with E-state index in [1.165, 1.54) is 22.8 Å². The van der Waals surface area contributed by atoms with Crippen molar-refractivity contribution in [2.24, 2.45) is 0 Å². The Bertz CT molecular complexity index is 3760. The van der Waals surface area contributed by atoms with Gasteiger partial charge in [-0.1, -0.05) is 6.08 Å². The number of nitrogens with two attached hydrogens (primary N) is 1. The SMILES string of the molecule is CCN1c2cc3c(cc2C(C)=CC1(C)C)C(c1cc(C(=O)NCCNC(=O)O[C@@H]2[C@H](O)[C@@H](COP(=O)(O)OP(=O)(O)OP(=O)(O)O)O[C@H]2n2cnc4c(N)ncnc42)ccc1C(=O)O)=c1cc2c(cc1O3)=[N+](CC)C(C)(C)C=C2C. The molecule has 27 nitrogen and oxygen atoms in total. The lowest BCUT2D eigenvalue weighted by atomic mass is 9.83. The molecule has 0 radical (unpaired) electrons. The molecule has 4 aliphatic rings. The molecule has 80 heavy (non-hydrogen) atoms. The topological polar surface area (TPSA) is 379 Å². The number of nitrogen functional groups attached to an aromatic ring is 1. The van der Waals surface area contributed by atoms with Crippen LogP contribution in [0, 0.1) is 0 Å². The fraction of sp³-hybridized carbons (Fsp3) is 0.380. The van der Waals surface area contributed by atoms with Crippen LogP contribution in [0.5, 0.6) is 11.5 Å². The van der Waals surface area contributed by atoms with Crippen molar-refractivity contribution < 1.29 is 85.2 Å². The summed E-state index contributed by atoms with van der Waals surface area (Å²) in [5.41, 5.74) is 11.7. The molecular weight excluding hydrogens is 1110 g/mol. The Labute approximate surface area is 456 Å². The van der Waals surface area contributed by atoms with Crippen molar-refractivity contribution >= 4 is 80.8 Å². The molecule has 5 aromatic rings. The fourth-order valence-corrected chi connectivity index (χ4v) is 13.9. The number of hydrogen-bond acceptors (Lipinski definition) is 18. The molecule has 0 saturated carbocycles. The minimum atomic E-state index is -5.90. The van der Waals surface area contributed by atoms with E-state index in [0.29, 0.717) is 40.9 Å². The smallest absolute Gasteiger partial charge is 0.478 e. The van der Waals surface area contributed by atoms with Gasteiger partial charge in [0.1, 0.15) is 42.1 Å². The number of benzene rings is 3. The van der Waals surface area contributed by atoms with E-state index in [9.17, 15) is 48.1 Å². The number of aromatic carboxylic acids is 1. The number of amides is 2. The van der Waals surface area contributed by atoms with E-state index < -0.39 is 72.6 Å². The molecule has 0 spiro atoms. The van der Waals surface area contributed by atoms with Gasteiger partial charge in [0.2, 0.25) is 5.36 Å². The number of rotatable bonds is 17. The highest BCUT2D eigenvalue weighted by Crippen LogP contribution is 2.66. The van der Waals surface area contributed by atoms with E-state index >= 15 is 0 Å². The van der Waals surface area contributed by atoms with Gasteiger partial charge in [0.15, 0.2) is 29.3 Å². The standard InChI is InChI=1S/C50H58N9O18P3/c1-9-58-34-18-36-32(16-29(34)25(3)20-49(58,5)6)39(33-17-30-26(4)21-50(7,8)59(10-2)35(30)19-37(33)73-36)31-15-27(11-12-28(31)47(62)63)45(61)52-13-14-53-48(64)75-42-41(60)38(22-72-79(68,69)77-80(70,71)76-78(65,66)67)74-46(42)57-24-56-40-43(51)54-23-55-44(40)57/h11-12,15-21,23-24,38,41-42,46,60H,9-10,13-14,22H2,1-8H3,(H8-,51,52,53,54,55,61,62,63,64,65,66,67,68,69,70,71)/p+1/t38-,41-,42-,46-/m1/s1. The molecule has 0 bridgehead atoms. The fourth-order valence-electron chi connectivity index (χ4n) is 10.9. The Hall–Kier alpha value is -6.70. The van der Waals surface area contributed by atoms with Crippen molar-refractivity contribution in [2.75, 3.05) is 43.4 Å². The number of allylic oxidation sites excluding steroid dienone is 2. The Morgan fingerprint density at radius 2 is 1.56 bits per heavy atom. The summed E-state index contributed by atoms with van der Waals surface area (Å²) in [6, 6.07) is 12.3. The zero-order chi connectivity index (χ0) is 58.2. The second kappa shape index (κ2) is 21.3. The van der Waals surface area contributed by atoms with Crippen LogP contribution in [-0.2, 0) is 36.3 Å². The second-order valence-corrected chi connectivity index (χ2v) is 24.7. The van der Waals surface area contributed by atoms with Crippen LogP contribution in [-0.4, -0.2) is 129 Å². The first-order valence-corrected chi connectivity index (χ1v) is 29.5. The minimum Gasteiger partial charge on any atom is -0.478 e. The number of phosphoric ester groups is 1. The Morgan fingerprint density at radius 1 is 0.850 bits per heavy atom. The molecule has 2 unspecified atom stereocenters. The first-order valence-electron chi connectivity index (χ1n) is 24.9. The largest absolute Gasteiger partial charge is 0.490 e. The number of carbonyl (C=O) groups excluding carboxylic acids is 2. The molecular formula is C50H59N9O18P3+. The number of imidazole rings is 1. The molecule has 2 aromatic heterocycles. The van der Waals surface area contributed by atoms with Crippen molar-refractivity contribution in [3.05, 3.63) is 111 Å². The monoisotopic (exact) mass is 1170 g/mol. The van der Waals surface area contributed by atoms with Crippen molar-refractivity contribution in [2.45, 2.75) is 91.0 Å². The molecule has 9 rings (SSSR count). The van der Waals surface area contributed by atoms with Crippen molar-refractivity contribution in [1.82, 2.24) is 34.7 Å². The molecule has 1 fully saturated rings. The summed E-state index contributed by atoms with van der Waals surface area (Å²) in [4.78, 5) is 92.6. The second-order valence-electron chi connectivity index (χ2n) is 20.3. The zero-order valence-corrected chi connectivity index (χ0v) is 47.1. The summed E-state index contributed by atoms with van der Waals surface area (Å²) in [6.45, 7) is 16.6. The summed E-state index contributed by atoms with van der Waals surface area (Å²) in [5, 5.41) is 28.9. The predicted molar refractivity (Wildman–Crippen MR) is 288 cm³/mol. The van der Waals surface area contributed by atoms with Gasteiger partial charge in [0.05, 0.1) is 30.1 Å². The van der Waals surface area contributed by atoms with E-state index in [4.69, 9.17) is 34.3 Å². The molecule has 6 atom stereocenters. The van der Waals surface area contributed by atoms with E-state index in [2.05, 4.69) is 97.4 Å². The number of anilines is 2. The quantitative estimate of drug-likeness (QED) is 0.0349. The summed E-state index contributed by atoms with van der Waals surface area (Å²) in [6.07, 6.45) is -1.33. The number of nitrogens with one attached hydrogen (secondary N) is 2. The minimum absolute atomic E-state index is 0.0281. The number of phosphoric acid groups is 3. The summed E-state index contributed by atoms with van der Waals surface area (Å²) >= 11 is 0. The van der Waals surface area contributed by atoms with Gasteiger partial charge in [-0.25, -0.2) is 42.8 Å². The molecule has 426 valence electrons. The van der Waals surface area contributed by atoms with Crippen molar-refractivity contribution in [3.63, 3.8) is 0 Å². The number of fused-ring (bicyclic) bond motifs is 5. The lowest BCUT2D eigenvalue weighted by Gasteiger charge is -2.43. The zero-order valence-electron chi connectivity index (χ0n) is 44.4. The van der Waals surface area contributed by atoms with Gasteiger partial charge in [-0.15, -0.1) is 0 Å². The van der Waals surface area contributed by atoms with E-state index in [1.54, 1.807) is 0 Å². The van der Waals surface area contributed by atoms with Crippen LogP contribution < -0.4 is 41.2 Å². The van der Waals surface area contributed by atoms with Gasteiger partial charge < -0.3 is 65.3 Å². The number of carboxylic acids is 1. The molecule has 10 N–H and O–H groups in total. The summed E-state index contributed by atoms with van der Waals surface area (Å²) in [5.74, 6) is -0.916. The third-order valence-electron chi connectivity index (χ3n) is 14.0. The van der Waals surface area contributed by atoms with Crippen LogP contribution in [0.25, 0.3) is 27.9 Å².